The van der Waals surface area contributed by atoms with Crippen molar-refractivity contribution in [1.82, 2.24) is 15.3 Å². The van der Waals surface area contributed by atoms with E-state index in [1.807, 2.05) is 29.5 Å². The molecule has 0 bridgehead atoms. The standard InChI is InChI=1S/C18H25N3OS/c1-13-5-6-16-17(8-13)23-18(21-16)11-19-10-14(12-22)9-15-4-2-3-7-20-15/h2-4,7,13-14,19,22H,5-6,8-12H2,1H3. The van der Waals surface area contributed by atoms with Crippen LogP contribution in [0, 0.1) is 11.8 Å². The third-order valence-electron chi connectivity index (χ3n) is 4.42. The Morgan fingerprint density at radius 1 is 1.43 bits per heavy atom. The quantitative estimate of drug-likeness (QED) is 0.819. The van der Waals surface area contributed by atoms with E-state index < -0.39 is 0 Å². The number of nitrogens with one attached hydrogen (secondary N) is 1. The Morgan fingerprint density at radius 2 is 2.35 bits per heavy atom. The van der Waals surface area contributed by atoms with E-state index in [9.17, 15) is 5.11 Å². The van der Waals surface area contributed by atoms with Crippen LogP contribution in [0.2, 0.25) is 0 Å². The van der Waals surface area contributed by atoms with E-state index in [4.69, 9.17) is 4.98 Å². The first kappa shape index (κ1) is 16.6. The maximum atomic E-state index is 9.57. The van der Waals surface area contributed by atoms with E-state index in [1.165, 1.54) is 28.4 Å². The zero-order valence-electron chi connectivity index (χ0n) is 13.7. The van der Waals surface area contributed by atoms with Gasteiger partial charge in [0.05, 0.1) is 5.69 Å². The summed E-state index contributed by atoms with van der Waals surface area (Å²) in [5, 5.41) is 14.2. The molecule has 2 unspecified atom stereocenters. The van der Waals surface area contributed by atoms with Crippen LogP contribution in [0.3, 0.4) is 0 Å². The molecule has 1 aliphatic rings. The zero-order chi connectivity index (χ0) is 16.1. The Balaban J connectivity index is 1.48. The van der Waals surface area contributed by atoms with Gasteiger partial charge in [0, 0.05) is 36.5 Å². The Hall–Kier alpha value is -1.30. The van der Waals surface area contributed by atoms with Gasteiger partial charge in [-0.25, -0.2) is 4.98 Å². The number of hydrogen-bond acceptors (Lipinski definition) is 5. The molecule has 0 radical (unpaired) electrons. The first-order valence-corrected chi connectivity index (χ1v) is 9.25. The van der Waals surface area contributed by atoms with Crippen molar-refractivity contribution in [2.24, 2.45) is 11.8 Å². The highest BCUT2D eigenvalue weighted by atomic mass is 32.1. The van der Waals surface area contributed by atoms with Crippen molar-refractivity contribution in [1.29, 1.82) is 0 Å². The number of nitrogens with zero attached hydrogens (tertiary/aromatic N) is 2. The van der Waals surface area contributed by atoms with E-state index >= 15 is 0 Å². The first-order chi connectivity index (χ1) is 11.2. The summed E-state index contributed by atoms with van der Waals surface area (Å²) in [4.78, 5) is 10.6. The number of aryl methyl sites for hydroxylation is 1. The highest BCUT2D eigenvalue weighted by Crippen LogP contribution is 2.29. The van der Waals surface area contributed by atoms with Gasteiger partial charge < -0.3 is 10.4 Å². The molecular weight excluding hydrogens is 306 g/mol. The number of rotatable bonds is 7. The Morgan fingerprint density at radius 3 is 3.13 bits per heavy atom. The molecule has 2 atom stereocenters. The van der Waals surface area contributed by atoms with Crippen molar-refractivity contribution < 1.29 is 5.11 Å². The topological polar surface area (TPSA) is 58.0 Å². The molecule has 5 heteroatoms. The number of pyridine rings is 1. The minimum absolute atomic E-state index is 0.176. The third kappa shape index (κ3) is 4.59. The van der Waals surface area contributed by atoms with Crippen LogP contribution in [-0.2, 0) is 25.8 Å². The molecule has 2 aromatic heterocycles. The van der Waals surface area contributed by atoms with Gasteiger partial charge in [-0.2, -0.15) is 0 Å². The van der Waals surface area contributed by atoms with E-state index in [2.05, 4.69) is 17.2 Å². The fourth-order valence-electron chi connectivity index (χ4n) is 3.07. The number of aromatic nitrogens is 2. The SMILES string of the molecule is CC1CCc2nc(CNCC(CO)Cc3ccccn3)sc2C1. The Bertz CT molecular complexity index is 614. The molecule has 1 aliphatic carbocycles. The number of aliphatic hydroxyl groups is 1. The van der Waals surface area contributed by atoms with Crippen LogP contribution in [-0.4, -0.2) is 28.2 Å². The van der Waals surface area contributed by atoms with Gasteiger partial charge in [0.25, 0.3) is 0 Å². The van der Waals surface area contributed by atoms with Gasteiger partial charge in [-0.15, -0.1) is 11.3 Å². The number of thiazole rings is 1. The highest BCUT2D eigenvalue weighted by Gasteiger charge is 2.19. The van der Waals surface area contributed by atoms with Crippen molar-refractivity contribution in [3.05, 3.63) is 45.7 Å². The van der Waals surface area contributed by atoms with Gasteiger partial charge in [0.2, 0.25) is 0 Å². The van der Waals surface area contributed by atoms with Crippen molar-refractivity contribution in [3.8, 4) is 0 Å². The summed E-state index contributed by atoms with van der Waals surface area (Å²) in [5.74, 6) is 0.986. The molecular formula is C18H25N3OS. The summed E-state index contributed by atoms with van der Waals surface area (Å²) in [7, 11) is 0. The second-order valence-electron chi connectivity index (χ2n) is 6.53. The van der Waals surface area contributed by atoms with Crippen molar-refractivity contribution in [3.63, 3.8) is 0 Å². The summed E-state index contributed by atoms with van der Waals surface area (Å²) in [5.41, 5.74) is 2.35. The molecule has 3 rings (SSSR count). The van der Waals surface area contributed by atoms with E-state index in [0.717, 1.165) is 37.5 Å². The Labute approximate surface area is 142 Å². The molecule has 2 N–H and O–H groups in total. The van der Waals surface area contributed by atoms with Crippen molar-refractivity contribution in [2.45, 2.75) is 39.2 Å². The summed E-state index contributed by atoms with van der Waals surface area (Å²) in [6.07, 6.45) is 6.19. The fourth-order valence-corrected chi connectivity index (χ4v) is 4.32. The molecule has 0 spiro atoms. The lowest BCUT2D eigenvalue weighted by atomic mass is 9.93. The lowest BCUT2D eigenvalue weighted by Gasteiger charge is -2.15. The summed E-state index contributed by atoms with van der Waals surface area (Å²) in [6.45, 7) is 4.08. The fraction of sp³-hybridized carbons (Fsp3) is 0.556. The van der Waals surface area contributed by atoms with Crippen LogP contribution >= 0.6 is 11.3 Å². The van der Waals surface area contributed by atoms with Gasteiger partial charge >= 0.3 is 0 Å². The first-order valence-electron chi connectivity index (χ1n) is 8.43. The van der Waals surface area contributed by atoms with E-state index in [1.54, 1.807) is 6.20 Å². The van der Waals surface area contributed by atoms with Gasteiger partial charge in [0.15, 0.2) is 0 Å². The average molecular weight is 331 g/mol. The molecule has 0 saturated heterocycles. The molecule has 0 aromatic carbocycles. The van der Waals surface area contributed by atoms with Gasteiger partial charge in [0.1, 0.15) is 5.01 Å². The second kappa shape index (κ2) is 7.99. The van der Waals surface area contributed by atoms with E-state index in [0.29, 0.717) is 0 Å². The van der Waals surface area contributed by atoms with Crippen LogP contribution in [0.15, 0.2) is 24.4 Å². The molecule has 4 nitrogen and oxygen atoms in total. The van der Waals surface area contributed by atoms with Gasteiger partial charge in [-0.1, -0.05) is 13.0 Å². The summed E-state index contributed by atoms with van der Waals surface area (Å²) >= 11 is 1.85. The molecule has 2 aromatic rings. The van der Waals surface area contributed by atoms with Crippen LogP contribution in [0.25, 0.3) is 0 Å². The van der Waals surface area contributed by atoms with Gasteiger partial charge in [-0.05, 0) is 49.7 Å². The molecule has 23 heavy (non-hydrogen) atoms. The number of fused-ring (bicyclic) bond motifs is 1. The van der Waals surface area contributed by atoms with Gasteiger partial charge in [-0.3, -0.25) is 4.98 Å². The molecule has 0 fully saturated rings. The van der Waals surface area contributed by atoms with Crippen LogP contribution in [0.4, 0.5) is 0 Å². The smallest absolute Gasteiger partial charge is 0.107 e. The molecule has 0 aliphatic heterocycles. The summed E-state index contributed by atoms with van der Waals surface area (Å²) < 4.78 is 0. The normalized spacial score (nSPS) is 18.6. The maximum absolute atomic E-state index is 9.57. The van der Waals surface area contributed by atoms with Crippen LogP contribution in [0.1, 0.15) is 34.6 Å². The molecule has 0 amide bonds. The Kier molecular flexibility index (Phi) is 5.75. The minimum atomic E-state index is 0.176. The van der Waals surface area contributed by atoms with Crippen molar-refractivity contribution >= 4 is 11.3 Å². The second-order valence-corrected chi connectivity index (χ2v) is 7.70. The maximum Gasteiger partial charge on any atom is 0.107 e. The highest BCUT2D eigenvalue weighted by molar-refractivity contribution is 7.11. The third-order valence-corrected chi connectivity index (χ3v) is 5.54. The van der Waals surface area contributed by atoms with Crippen LogP contribution < -0.4 is 5.32 Å². The monoisotopic (exact) mass is 331 g/mol. The molecule has 0 saturated carbocycles. The van der Waals surface area contributed by atoms with Crippen molar-refractivity contribution in [2.75, 3.05) is 13.2 Å². The predicted octanol–water partition coefficient (Wildman–Crippen LogP) is 2.60. The largest absolute Gasteiger partial charge is 0.396 e. The summed E-state index contributed by atoms with van der Waals surface area (Å²) in [6, 6.07) is 5.92. The molecule has 2 heterocycles. The van der Waals surface area contributed by atoms with E-state index in [-0.39, 0.29) is 12.5 Å². The average Bonchev–Trinajstić information content (AvgIpc) is 2.96. The van der Waals surface area contributed by atoms with Crippen LogP contribution in [0.5, 0.6) is 0 Å². The number of aliphatic hydroxyl groups excluding tert-OH is 1. The minimum Gasteiger partial charge on any atom is -0.396 e. The zero-order valence-corrected chi connectivity index (χ0v) is 14.5. The lowest BCUT2D eigenvalue weighted by Crippen LogP contribution is -2.26. The molecule has 124 valence electrons. The predicted molar refractivity (Wildman–Crippen MR) is 93.5 cm³/mol. The lowest BCUT2D eigenvalue weighted by molar-refractivity contribution is 0.220. The number of hydrogen-bond donors (Lipinski definition) is 2.